The molecule has 0 saturated heterocycles. The van der Waals surface area contributed by atoms with Crippen LogP contribution in [0.4, 0.5) is 0 Å². The van der Waals surface area contributed by atoms with Crippen molar-refractivity contribution >= 4 is 11.9 Å². The van der Waals surface area contributed by atoms with Gasteiger partial charge in [0.1, 0.15) is 0 Å². The Bertz CT molecular complexity index is 173. The van der Waals surface area contributed by atoms with Crippen LogP contribution in [0.2, 0.25) is 0 Å². The smallest absolute Gasteiger partial charge is 1.00 e. The number of carboxylic acid groups (broad SMARTS) is 2. The minimum atomic E-state index is -1.33. The Balaban J connectivity index is -0.000000500. The first kappa shape index (κ1) is 14.1. The van der Waals surface area contributed by atoms with Crippen molar-refractivity contribution in [2.24, 2.45) is 11.3 Å². The number of hydrogen-bond acceptors (Lipinski definition) is 2. The molecule has 2 N–H and O–H groups in total. The Kier molecular flexibility index (Phi) is 5.32. The van der Waals surface area contributed by atoms with Gasteiger partial charge in [0.15, 0.2) is 5.92 Å². The summed E-state index contributed by atoms with van der Waals surface area (Å²) in [7, 11) is 0. The predicted octanol–water partition coefficient (Wildman–Crippen LogP) is -2.07. The molecule has 0 saturated carbocycles. The van der Waals surface area contributed by atoms with Crippen molar-refractivity contribution in [3.8, 4) is 0 Å². The zero-order chi connectivity index (χ0) is 9.23. The van der Waals surface area contributed by atoms with Gasteiger partial charge in [-0.15, -0.1) is 0 Å². The molecule has 0 aliphatic heterocycles. The molecule has 0 bridgehead atoms. The molecule has 0 unspecified atom stereocenters. The van der Waals surface area contributed by atoms with Crippen LogP contribution in [0.5, 0.6) is 0 Å². The molecule has 12 heavy (non-hydrogen) atoms. The van der Waals surface area contributed by atoms with Crippen molar-refractivity contribution in [2.75, 3.05) is 0 Å². The number of carbonyl (C=O) groups is 2. The second kappa shape index (κ2) is 4.54. The maximum absolute atomic E-state index is 10.4. The van der Waals surface area contributed by atoms with Gasteiger partial charge in [-0.2, -0.15) is 0 Å². The predicted molar refractivity (Wildman–Crippen MR) is 39.3 cm³/mol. The molecule has 5 heteroatoms. The van der Waals surface area contributed by atoms with E-state index in [4.69, 9.17) is 10.2 Å². The van der Waals surface area contributed by atoms with Crippen LogP contribution < -0.4 is 18.9 Å². The minimum Gasteiger partial charge on any atom is -1.00 e. The van der Waals surface area contributed by atoms with E-state index in [-0.39, 0.29) is 20.3 Å². The molecule has 0 aromatic rings. The van der Waals surface area contributed by atoms with Gasteiger partial charge in [0.05, 0.1) is 0 Å². The van der Waals surface area contributed by atoms with Gasteiger partial charge in [-0.1, -0.05) is 20.8 Å². The number of rotatable bonds is 2. The average Bonchev–Trinajstić information content (AvgIpc) is 1.54. The van der Waals surface area contributed by atoms with Crippen molar-refractivity contribution in [1.82, 2.24) is 0 Å². The van der Waals surface area contributed by atoms with Gasteiger partial charge in [-0.25, -0.2) is 0 Å². The summed E-state index contributed by atoms with van der Waals surface area (Å²) in [5.41, 5.74) is -0.738. The maximum Gasteiger partial charge on any atom is 1.00 e. The SMILES string of the molecule is CC(C)(C)C(C(=O)O)C(=O)O.[H-].[Li+]. The molecule has 66 valence electrons. The van der Waals surface area contributed by atoms with E-state index in [0.717, 1.165) is 0 Å². The van der Waals surface area contributed by atoms with E-state index < -0.39 is 23.3 Å². The summed E-state index contributed by atoms with van der Waals surface area (Å²) in [4.78, 5) is 20.8. The van der Waals surface area contributed by atoms with Crippen molar-refractivity contribution in [1.29, 1.82) is 0 Å². The van der Waals surface area contributed by atoms with Gasteiger partial charge in [-0.05, 0) is 5.41 Å². The van der Waals surface area contributed by atoms with Crippen LogP contribution in [-0.4, -0.2) is 22.2 Å². The molecule has 0 fully saturated rings. The summed E-state index contributed by atoms with van der Waals surface area (Å²) in [5, 5.41) is 17.0. The van der Waals surface area contributed by atoms with E-state index >= 15 is 0 Å². The van der Waals surface area contributed by atoms with E-state index in [1.165, 1.54) is 0 Å². The molecule has 0 radical (unpaired) electrons. The van der Waals surface area contributed by atoms with Gasteiger partial charge in [0, 0.05) is 0 Å². The van der Waals surface area contributed by atoms with E-state index in [9.17, 15) is 9.59 Å². The van der Waals surface area contributed by atoms with Crippen molar-refractivity contribution in [3.05, 3.63) is 0 Å². The van der Waals surface area contributed by atoms with Crippen LogP contribution in [0.15, 0.2) is 0 Å². The van der Waals surface area contributed by atoms with Gasteiger partial charge in [-0.3, -0.25) is 9.59 Å². The van der Waals surface area contributed by atoms with E-state index in [1.54, 1.807) is 20.8 Å². The van der Waals surface area contributed by atoms with Crippen LogP contribution in [0, 0.1) is 11.3 Å². The summed E-state index contributed by atoms with van der Waals surface area (Å²) >= 11 is 0. The summed E-state index contributed by atoms with van der Waals surface area (Å²) < 4.78 is 0. The zero-order valence-corrected chi connectivity index (χ0v) is 7.79. The molecular weight excluding hydrogens is 155 g/mol. The summed E-state index contributed by atoms with van der Waals surface area (Å²) in [5.74, 6) is -3.91. The molecule has 0 heterocycles. The Morgan fingerprint density at radius 3 is 1.42 bits per heavy atom. The van der Waals surface area contributed by atoms with Gasteiger partial charge in [0.25, 0.3) is 0 Å². The van der Waals surface area contributed by atoms with E-state index in [0.29, 0.717) is 0 Å². The second-order valence-corrected chi connectivity index (χ2v) is 3.48. The zero-order valence-electron chi connectivity index (χ0n) is 8.79. The normalized spacial score (nSPS) is 10.7. The van der Waals surface area contributed by atoms with Gasteiger partial charge >= 0.3 is 30.8 Å². The Morgan fingerprint density at radius 1 is 1.17 bits per heavy atom. The topological polar surface area (TPSA) is 74.6 Å². The maximum atomic E-state index is 10.4. The van der Waals surface area contributed by atoms with Crippen LogP contribution in [-0.2, 0) is 9.59 Å². The van der Waals surface area contributed by atoms with Crippen molar-refractivity contribution in [2.45, 2.75) is 20.8 Å². The van der Waals surface area contributed by atoms with Crippen molar-refractivity contribution < 1.29 is 40.1 Å². The first-order valence-electron chi connectivity index (χ1n) is 3.22. The minimum absolute atomic E-state index is 0. The fraction of sp³-hybridized carbons (Fsp3) is 0.714. The van der Waals surface area contributed by atoms with Gasteiger partial charge < -0.3 is 11.6 Å². The number of hydrogen-bond donors (Lipinski definition) is 2. The molecule has 0 atom stereocenters. The second-order valence-electron chi connectivity index (χ2n) is 3.48. The molecule has 0 amide bonds. The van der Waals surface area contributed by atoms with Gasteiger partial charge in [0.2, 0.25) is 0 Å². The monoisotopic (exact) mass is 168 g/mol. The largest absolute Gasteiger partial charge is 1.00 e. The summed E-state index contributed by atoms with van der Waals surface area (Å²) in [6.07, 6.45) is 0. The molecule has 0 spiro atoms. The Morgan fingerprint density at radius 2 is 1.42 bits per heavy atom. The average molecular weight is 168 g/mol. The summed E-state index contributed by atoms with van der Waals surface area (Å²) in [6.45, 7) is 4.75. The number of carboxylic acids is 2. The van der Waals surface area contributed by atoms with Crippen molar-refractivity contribution in [3.63, 3.8) is 0 Å². The fourth-order valence-corrected chi connectivity index (χ4v) is 0.846. The first-order chi connectivity index (χ1) is 4.76. The quantitative estimate of drug-likeness (QED) is 0.367. The Labute approximate surface area is 84.6 Å². The first-order valence-corrected chi connectivity index (χ1v) is 3.22. The third kappa shape index (κ3) is 3.79. The molecule has 0 rings (SSSR count). The fourth-order valence-electron chi connectivity index (χ4n) is 0.846. The standard InChI is InChI=1S/C7H12O4.Li.H/c1-7(2,3)4(5(8)9)6(10)11;;/h4H,1-3H3,(H,8,9)(H,10,11);;/q;+1;-1. The van der Waals surface area contributed by atoms with Crippen LogP contribution >= 0.6 is 0 Å². The van der Waals surface area contributed by atoms with E-state index in [2.05, 4.69) is 0 Å². The third-order valence-electron chi connectivity index (χ3n) is 1.36. The molecule has 0 aromatic carbocycles. The Hall–Kier alpha value is -0.463. The molecule has 0 aromatic heterocycles. The third-order valence-corrected chi connectivity index (χ3v) is 1.36. The van der Waals surface area contributed by atoms with E-state index in [1.807, 2.05) is 0 Å². The van der Waals surface area contributed by atoms with Crippen LogP contribution in [0.1, 0.15) is 22.2 Å². The van der Waals surface area contributed by atoms with Crippen LogP contribution in [0.25, 0.3) is 0 Å². The van der Waals surface area contributed by atoms with Crippen LogP contribution in [0.3, 0.4) is 0 Å². The number of aliphatic carboxylic acids is 2. The molecule has 0 aliphatic carbocycles. The molecular formula is C7H13LiO4. The molecule has 4 nitrogen and oxygen atoms in total. The molecule has 0 aliphatic rings. The summed E-state index contributed by atoms with van der Waals surface area (Å²) in [6, 6.07) is 0.